The molecule has 0 rings (SSSR count). The van der Waals surface area contributed by atoms with Crippen molar-refractivity contribution in [2.75, 3.05) is 23.5 Å². The molecule has 0 aliphatic heterocycles. The topological polar surface area (TPSA) is 0 Å². The van der Waals surface area contributed by atoms with E-state index in [1.807, 2.05) is 0 Å². The second-order valence-corrected chi connectivity index (χ2v) is 10.2. The van der Waals surface area contributed by atoms with Gasteiger partial charge < -0.3 is 0 Å². The second kappa shape index (κ2) is 7.50. The van der Waals surface area contributed by atoms with Gasteiger partial charge in [-0.05, 0) is 42.8 Å². The standard InChI is InChI=1S/C14H28S2/c1-6-11-16(5,12-7-2)13-9-10-14(4,15)8-3/h6-7,15H,1-2,8-13H2,3-5H3. The van der Waals surface area contributed by atoms with Gasteiger partial charge in [0.1, 0.15) is 0 Å². The van der Waals surface area contributed by atoms with E-state index in [0.717, 1.165) is 17.9 Å². The molecule has 0 nitrogen and oxygen atoms in total. The molecule has 0 aromatic heterocycles. The highest BCUT2D eigenvalue weighted by Crippen LogP contribution is 2.45. The first-order valence-corrected chi connectivity index (χ1v) is 9.04. The van der Waals surface area contributed by atoms with E-state index in [9.17, 15) is 0 Å². The monoisotopic (exact) mass is 260 g/mol. The summed E-state index contributed by atoms with van der Waals surface area (Å²) in [7, 11) is -0.540. The maximum Gasteiger partial charge on any atom is 0.00990 e. The van der Waals surface area contributed by atoms with Gasteiger partial charge in [0.2, 0.25) is 0 Å². The van der Waals surface area contributed by atoms with Gasteiger partial charge in [0.15, 0.2) is 0 Å². The van der Waals surface area contributed by atoms with Gasteiger partial charge in [0.05, 0.1) is 0 Å². The van der Waals surface area contributed by atoms with E-state index in [1.54, 1.807) is 0 Å². The van der Waals surface area contributed by atoms with Crippen LogP contribution < -0.4 is 0 Å². The Morgan fingerprint density at radius 1 is 1.25 bits per heavy atom. The van der Waals surface area contributed by atoms with Crippen molar-refractivity contribution < 1.29 is 0 Å². The highest BCUT2D eigenvalue weighted by Gasteiger charge is 2.19. The molecule has 0 fully saturated rings. The molecule has 1 atom stereocenters. The van der Waals surface area contributed by atoms with Crippen LogP contribution in [0.3, 0.4) is 0 Å². The summed E-state index contributed by atoms with van der Waals surface area (Å²) in [5, 5.41) is 0. The van der Waals surface area contributed by atoms with Gasteiger partial charge in [0.25, 0.3) is 0 Å². The Hall–Kier alpha value is 0.180. The molecule has 0 aliphatic carbocycles. The molecule has 16 heavy (non-hydrogen) atoms. The van der Waals surface area contributed by atoms with Gasteiger partial charge in [-0.2, -0.15) is 12.6 Å². The van der Waals surface area contributed by atoms with E-state index in [1.165, 1.54) is 18.6 Å². The average Bonchev–Trinajstić information content (AvgIpc) is 2.18. The zero-order chi connectivity index (χ0) is 12.7. The lowest BCUT2D eigenvalue weighted by Crippen LogP contribution is -2.17. The van der Waals surface area contributed by atoms with Gasteiger partial charge in [-0.1, -0.05) is 26.0 Å². The molecule has 1 unspecified atom stereocenters. The Kier molecular flexibility index (Phi) is 7.58. The number of hydrogen-bond acceptors (Lipinski definition) is 1. The molecule has 0 radical (unpaired) electrons. The normalized spacial score (nSPS) is 16.5. The number of rotatable bonds is 9. The van der Waals surface area contributed by atoms with Crippen LogP contribution in [-0.4, -0.2) is 28.3 Å². The zero-order valence-corrected chi connectivity index (χ0v) is 12.9. The minimum Gasteiger partial charge on any atom is -0.237 e. The minimum atomic E-state index is -0.540. The minimum absolute atomic E-state index is 0.211. The lowest BCUT2D eigenvalue weighted by molar-refractivity contribution is 0.566. The van der Waals surface area contributed by atoms with Crippen molar-refractivity contribution in [1.82, 2.24) is 0 Å². The fourth-order valence-electron chi connectivity index (χ4n) is 1.78. The average molecular weight is 261 g/mol. The van der Waals surface area contributed by atoms with Crippen LogP contribution in [0.5, 0.6) is 0 Å². The van der Waals surface area contributed by atoms with Crippen molar-refractivity contribution in [1.29, 1.82) is 0 Å². The van der Waals surface area contributed by atoms with E-state index in [-0.39, 0.29) is 4.75 Å². The Bertz CT molecular complexity index is 209. The van der Waals surface area contributed by atoms with Gasteiger partial charge in [-0.3, -0.25) is 0 Å². The largest absolute Gasteiger partial charge is 0.237 e. The summed E-state index contributed by atoms with van der Waals surface area (Å²) in [5.74, 6) is 3.64. The summed E-state index contributed by atoms with van der Waals surface area (Å²) >= 11 is 4.69. The van der Waals surface area contributed by atoms with E-state index in [0.29, 0.717) is 0 Å². The summed E-state index contributed by atoms with van der Waals surface area (Å²) in [6.07, 6.45) is 10.2. The molecule has 0 bridgehead atoms. The molecule has 0 saturated heterocycles. The first kappa shape index (κ1) is 16.2. The van der Waals surface area contributed by atoms with Gasteiger partial charge in [0, 0.05) is 4.75 Å². The molecule has 0 N–H and O–H groups in total. The van der Waals surface area contributed by atoms with E-state index >= 15 is 0 Å². The fraction of sp³-hybridized carbons (Fsp3) is 0.714. The van der Waals surface area contributed by atoms with Crippen LogP contribution in [0.25, 0.3) is 0 Å². The highest BCUT2D eigenvalue weighted by atomic mass is 32.3. The van der Waals surface area contributed by atoms with Crippen molar-refractivity contribution in [3.63, 3.8) is 0 Å². The summed E-state index contributed by atoms with van der Waals surface area (Å²) in [6.45, 7) is 12.2. The molecule has 0 amide bonds. The lowest BCUT2D eigenvalue weighted by atomic mass is 10.0. The van der Waals surface area contributed by atoms with E-state index in [4.69, 9.17) is 0 Å². The first-order chi connectivity index (χ1) is 7.39. The van der Waals surface area contributed by atoms with E-state index in [2.05, 4.69) is 58.0 Å². The van der Waals surface area contributed by atoms with Crippen LogP contribution >= 0.6 is 22.7 Å². The van der Waals surface area contributed by atoms with Crippen molar-refractivity contribution in [3.8, 4) is 0 Å². The van der Waals surface area contributed by atoms with Gasteiger partial charge >= 0.3 is 0 Å². The molecule has 0 aromatic rings. The Labute approximate surface area is 109 Å². The molecular formula is C14H28S2. The number of hydrogen-bond donors (Lipinski definition) is 1. The molecule has 0 saturated carbocycles. The maximum absolute atomic E-state index is 4.69. The summed E-state index contributed by atoms with van der Waals surface area (Å²) in [4.78, 5) is 0. The molecule has 0 heterocycles. The summed E-state index contributed by atoms with van der Waals surface area (Å²) in [5.41, 5.74) is 0. The molecule has 96 valence electrons. The molecule has 0 aliphatic rings. The summed E-state index contributed by atoms with van der Waals surface area (Å²) in [6, 6.07) is 0. The van der Waals surface area contributed by atoms with Crippen molar-refractivity contribution in [2.45, 2.75) is 37.9 Å². The van der Waals surface area contributed by atoms with Crippen LogP contribution in [-0.2, 0) is 0 Å². The van der Waals surface area contributed by atoms with Crippen LogP contribution in [0, 0.1) is 0 Å². The predicted molar refractivity (Wildman–Crippen MR) is 85.4 cm³/mol. The van der Waals surface area contributed by atoms with Crippen LogP contribution in [0.2, 0.25) is 0 Å². The van der Waals surface area contributed by atoms with Crippen molar-refractivity contribution in [2.24, 2.45) is 0 Å². The fourth-order valence-corrected chi connectivity index (χ4v) is 4.39. The third-order valence-corrected chi connectivity index (χ3v) is 7.05. The second-order valence-electron chi connectivity index (χ2n) is 5.05. The molecule has 2 heteroatoms. The molecule has 0 aromatic carbocycles. The Balaban J connectivity index is 4.12. The van der Waals surface area contributed by atoms with Crippen LogP contribution in [0.15, 0.2) is 25.3 Å². The smallest absolute Gasteiger partial charge is 0.00990 e. The van der Waals surface area contributed by atoms with Crippen molar-refractivity contribution in [3.05, 3.63) is 25.3 Å². The highest BCUT2D eigenvalue weighted by molar-refractivity contribution is 8.33. The third kappa shape index (κ3) is 6.70. The van der Waals surface area contributed by atoms with E-state index < -0.39 is 10.0 Å². The SMILES string of the molecule is C=CCS(C)(CC=C)CCCC(C)(S)CC. The number of thiol groups is 1. The maximum atomic E-state index is 4.69. The molecule has 0 spiro atoms. The third-order valence-electron chi connectivity index (χ3n) is 3.15. The Morgan fingerprint density at radius 3 is 2.12 bits per heavy atom. The lowest BCUT2D eigenvalue weighted by Gasteiger charge is -2.35. The Morgan fingerprint density at radius 2 is 1.75 bits per heavy atom. The van der Waals surface area contributed by atoms with Gasteiger partial charge in [-0.15, -0.1) is 13.2 Å². The zero-order valence-electron chi connectivity index (χ0n) is 11.2. The van der Waals surface area contributed by atoms with Crippen molar-refractivity contribution >= 4 is 22.7 Å². The van der Waals surface area contributed by atoms with Gasteiger partial charge in [-0.25, -0.2) is 10.0 Å². The molecular weight excluding hydrogens is 232 g/mol. The summed E-state index contributed by atoms with van der Waals surface area (Å²) < 4.78 is 0.211. The van der Waals surface area contributed by atoms with Crippen LogP contribution in [0.1, 0.15) is 33.1 Å². The first-order valence-electron chi connectivity index (χ1n) is 6.05. The van der Waals surface area contributed by atoms with Crippen LogP contribution in [0.4, 0.5) is 0 Å². The predicted octanol–water partition coefficient (Wildman–Crippen LogP) is 4.67. The quantitative estimate of drug-likeness (QED) is 0.452.